The van der Waals surface area contributed by atoms with Crippen LogP contribution in [0.5, 0.6) is 0 Å². The molecule has 11 rings (SSSR count). The molecule has 0 unspecified atom stereocenters. The summed E-state index contributed by atoms with van der Waals surface area (Å²) in [5, 5.41) is 0. The molecule has 12 atom stereocenters. The third-order valence-corrected chi connectivity index (χ3v) is 14.5. The van der Waals surface area contributed by atoms with Crippen LogP contribution in [0.4, 0.5) is 26.3 Å². The molecule has 0 radical (unpaired) electrons. The van der Waals surface area contributed by atoms with Gasteiger partial charge in [-0.25, -0.2) is 19.6 Å². The van der Waals surface area contributed by atoms with Crippen molar-refractivity contribution in [3.05, 3.63) is 22.7 Å². The quantitative estimate of drug-likeness (QED) is 0.150. The molecular formula is C38H52F6N2O9. The fraction of sp³-hybridized carbons (Fsp3) is 0.895. The summed E-state index contributed by atoms with van der Waals surface area (Å²) in [5.41, 5.74) is -2.07. The number of hydrogen-bond donors (Lipinski definition) is 0. The van der Waals surface area contributed by atoms with Crippen molar-refractivity contribution in [2.45, 2.75) is 133 Å². The molecule has 0 amide bonds. The van der Waals surface area contributed by atoms with E-state index in [2.05, 4.69) is 13.8 Å². The lowest BCUT2D eigenvalue weighted by Gasteiger charge is -2.57. The maximum atomic E-state index is 14.7. The van der Waals surface area contributed by atoms with Gasteiger partial charge in [0.2, 0.25) is 35.7 Å². The van der Waals surface area contributed by atoms with E-state index in [-0.39, 0.29) is 61.1 Å². The van der Waals surface area contributed by atoms with Gasteiger partial charge in [0.25, 0.3) is 0 Å². The highest BCUT2D eigenvalue weighted by atomic mass is 19.4. The summed E-state index contributed by atoms with van der Waals surface area (Å²) in [6.45, 7) is 9.72. The van der Waals surface area contributed by atoms with E-state index in [0.29, 0.717) is 64.7 Å². The Bertz CT molecular complexity index is 1570. The first-order valence-corrected chi connectivity index (χ1v) is 20.0. The molecule has 0 aromatic carbocycles. The van der Waals surface area contributed by atoms with Crippen molar-refractivity contribution in [2.24, 2.45) is 35.5 Å². The van der Waals surface area contributed by atoms with Crippen LogP contribution in [0.1, 0.15) is 85.5 Å². The second kappa shape index (κ2) is 13.4. The van der Waals surface area contributed by atoms with E-state index in [1.807, 2.05) is 9.80 Å². The molecule has 7 saturated heterocycles. The zero-order valence-electron chi connectivity index (χ0n) is 31.8. The summed E-state index contributed by atoms with van der Waals surface area (Å²) in [5.74, 6) is -5.42. The minimum absolute atomic E-state index is 0.0115. The molecule has 9 heterocycles. The van der Waals surface area contributed by atoms with Crippen molar-refractivity contribution in [2.75, 3.05) is 46.1 Å². The lowest BCUT2D eigenvalue weighted by atomic mass is 9.59. The van der Waals surface area contributed by atoms with Crippen molar-refractivity contribution in [3.63, 3.8) is 0 Å². The predicted molar refractivity (Wildman–Crippen MR) is 177 cm³/mol. The Kier molecular flexibility index (Phi) is 9.46. The Morgan fingerprint density at radius 1 is 0.636 bits per heavy atom. The van der Waals surface area contributed by atoms with Crippen LogP contribution in [0.2, 0.25) is 0 Å². The highest BCUT2D eigenvalue weighted by Crippen LogP contribution is 2.63. The fourth-order valence-electron chi connectivity index (χ4n) is 11.6. The van der Waals surface area contributed by atoms with Crippen molar-refractivity contribution in [1.29, 1.82) is 0 Å². The van der Waals surface area contributed by atoms with Crippen LogP contribution in [0, 0.1) is 35.5 Å². The Morgan fingerprint density at radius 2 is 1.11 bits per heavy atom. The minimum Gasteiger partial charge on any atom is -0.456 e. The molecule has 9 aliphatic heterocycles. The highest BCUT2D eigenvalue weighted by Gasteiger charge is 2.72. The highest BCUT2D eigenvalue weighted by molar-refractivity contribution is 5.30. The van der Waals surface area contributed by atoms with Gasteiger partial charge in [0.15, 0.2) is 11.2 Å². The van der Waals surface area contributed by atoms with E-state index in [1.54, 1.807) is 13.8 Å². The van der Waals surface area contributed by atoms with Crippen molar-refractivity contribution in [1.82, 2.24) is 9.80 Å². The number of nitrogens with zero attached hydrogens (tertiary/aromatic N) is 2. The molecule has 310 valence electrons. The molecule has 2 spiro atoms. The molecule has 4 bridgehead atoms. The monoisotopic (exact) mass is 794 g/mol. The van der Waals surface area contributed by atoms with Crippen LogP contribution in [0.25, 0.3) is 0 Å². The van der Waals surface area contributed by atoms with Gasteiger partial charge in [-0.15, -0.1) is 0 Å². The van der Waals surface area contributed by atoms with Gasteiger partial charge in [0.1, 0.15) is 0 Å². The van der Waals surface area contributed by atoms with Crippen LogP contribution in [0.3, 0.4) is 0 Å². The molecule has 2 saturated carbocycles. The number of alkyl halides is 6. The second-order valence-corrected chi connectivity index (χ2v) is 17.8. The molecular weight excluding hydrogens is 742 g/mol. The van der Waals surface area contributed by atoms with Gasteiger partial charge in [-0.3, -0.25) is 9.80 Å². The zero-order chi connectivity index (χ0) is 38.8. The Hall–Kier alpha value is -1.70. The smallest absolute Gasteiger partial charge is 0.449 e. The number of allylic oxidation sites excluding steroid dienone is 2. The standard InChI is InChI=1S/C38H52F6N2O9/c1-21-5-7-27-23(29(37(39,40)41)48-31-35(27)25(21)9-12-33(3,50-31)52-54-35)11-18-47-20-46-16-14-45(15-17-46)19-24-28-8-6-22(2)26-10-13-34(4)51-32(36(26,28)55-53-34)49-30(24)38(42,43)44/h21-22,25-28,31-32H,5-20H2,1-4H3/t21-,22-,25+,26+,27+,28+,31-,32-,33+,34+,35-,36-/m1/s1. The summed E-state index contributed by atoms with van der Waals surface area (Å²) in [6.07, 6.45) is -7.10. The number of halogens is 6. The summed E-state index contributed by atoms with van der Waals surface area (Å²) < 4.78 is 117. The summed E-state index contributed by atoms with van der Waals surface area (Å²) >= 11 is 0. The predicted octanol–water partition coefficient (Wildman–Crippen LogP) is 7.09. The first-order chi connectivity index (χ1) is 26.0. The minimum atomic E-state index is -4.73. The third kappa shape index (κ3) is 6.27. The molecule has 11 nitrogen and oxygen atoms in total. The number of piperazine rings is 1. The van der Waals surface area contributed by atoms with Gasteiger partial charge in [0, 0.05) is 69.2 Å². The molecule has 2 aliphatic carbocycles. The van der Waals surface area contributed by atoms with E-state index in [0.717, 1.165) is 12.8 Å². The van der Waals surface area contributed by atoms with Gasteiger partial charge < -0.3 is 23.7 Å². The Morgan fingerprint density at radius 3 is 1.62 bits per heavy atom. The first-order valence-electron chi connectivity index (χ1n) is 20.0. The Balaban J connectivity index is 0.856. The van der Waals surface area contributed by atoms with Gasteiger partial charge in [-0.05, 0) is 81.8 Å². The largest absolute Gasteiger partial charge is 0.456 e. The van der Waals surface area contributed by atoms with Crippen molar-refractivity contribution in [3.8, 4) is 0 Å². The number of rotatable bonds is 7. The zero-order valence-corrected chi connectivity index (χ0v) is 31.8. The SMILES string of the molecule is C[C@@H]1CC[C@H]2C(CCOCN3CCN(CC4=C(C(F)(F)F)O[C@@H]5O[C@]6(C)CC[C@H]7[C@H](C)CC[C@@H]4[C@@]57OO6)CC3)=C(C(F)(F)F)O[C@@H]3O[C@]4(C)CC[C@@H]1[C@]32OO4. The number of fused-ring (bicyclic) bond motifs is 4. The topological polar surface area (TPSA) is 89.6 Å². The van der Waals surface area contributed by atoms with Gasteiger partial charge >= 0.3 is 12.4 Å². The van der Waals surface area contributed by atoms with E-state index in [9.17, 15) is 26.3 Å². The van der Waals surface area contributed by atoms with Crippen LogP contribution >= 0.6 is 0 Å². The second-order valence-electron chi connectivity index (χ2n) is 17.8. The Labute approximate surface area is 316 Å². The van der Waals surface area contributed by atoms with E-state index in [4.69, 9.17) is 43.2 Å². The van der Waals surface area contributed by atoms with E-state index < -0.39 is 71.1 Å². The molecule has 0 aromatic heterocycles. The summed E-state index contributed by atoms with van der Waals surface area (Å²) in [6, 6.07) is 0. The molecule has 0 N–H and O–H groups in total. The van der Waals surface area contributed by atoms with Gasteiger partial charge in [-0.1, -0.05) is 13.8 Å². The normalized spacial score (nSPS) is 46.1. The van der Waals surface area contributed by atoms with Crippen LogP contribution < -0.4 is 0 Å². The van der Waals surface area contributed by atoms with Gasteiger partial charge in [0.05, 0.1) is 13.3 Å². The van der Waals surface area contributed by atoms with E-state index >= 15 is 0 Å². The third-order valence-electron chi connectivity index (χ3n) is 14.5. The summed E-state index contributed by atoms with van der Waals surface area (Å²) in [7, 11) is 0. The van der Waals surface area contributed by atoms with Crippen LogP contribution in [0.15, 0.2) is 22.7 Å². The molecule has 9 fully saturated rings. The molecule has 11 aliphatic rings. The average molecular weight is 795 g/mol. The molecule has 17 heteroatoms. The van der Waals surface area contributed by atoms with Crippen molar-refractivity contribution < 1.29 is 69.6 Å². The molecule has 55 heavy (non-hydrogen) atoms. The number of hydrogen-bond acceptors (Lipinski definition) is 11. The van der Waals surface area contributed by atoms with E-state index in [1.165, 1.54) is 0 Å². The maximum Gasteiger partial charge on any atom is 0.449 e. The van der Waals surface area contributed by atoms with Crippen molar-refractivity contribution >= 4 is 0 Å². The molecule has 0 aromatic rings. The lowest BCUT2D eigenvalue weighted by Crippen LogP contribution is -2.68. The van der Waals surface area contributed by atoms with Gasteiger partial charge in [-0.2, -0.15) is 26.3 Å². The average Bonchev–Trinajstić information content (AvgIpc) is 3.50. The summed E-state index contributed by atoms with van der Waals surface area (Å²) in [4.78, 5) is 27.7. The lowest BCUT2D eigenvalue weighted by molar-refractivity contribution is -0.557. The van der Waals surface area contributed by atoms with Crippen LogP contribution in [-0.4, -0.2) is 104 Å². The fourth-order valence-corrected chi connectivity index (χ4v) is 11.6. The maximum absolute atomic E-state index is 14.7. The first kappa shape index (κ1) is 38.8. The van der Waals surface area contributed by atoms with Crippen LogP contribution in [-0.2, 0) is 43.2 Å². The number of ether oxygens (including phenoxy) is 5.